The number of nitrogens with zero attached hydrogens (tertiary/aromatic N) is 5. The van der Waals surface area contributed by atoms with Gasteiger partial charge in [-0.15, -0.1) is 10.2 Å². The SMILES string of the molecule is Cc1cc(N/N=C/N=Nc2nc3ccccc3s2)n[nH]1. The summed E-state index contributed by atoms with van der Waals surface area (Å²) in [5, 5.41) is 19.1. The fourth-order valence-corrected chi connectivity index (χ4v) is 2.37. The topological polar surface area (TPSA) is 90.7 Å². The van der Waals surface area contributed by atoms with E-state index in [4.69, 9.17) is 0 Å². The van der Waals surface area contributed by atoms with E-state index in [1.165, 1.54) is 17.7 Å². The van der Waals surface area contributed by atoms with E-state index in [1.54, 1.807) is 0 Å². The molecule has 0 aliphatic heterocycles. The van der Waals surface area contributed by atoms with Crippen molar-refractivity contribution < 1.29 is 0 Å². The average molecular weight is 285 g/mol. The first-order valence-electron chi connectivity index (χ1n) is 5.87. The molecule has 0 saturated heterocycles. The number of hydrogen-bond acceptors (Lipinski definition) is 6. The highest BCUT2D eigenvalue weighted by atomic mass is 32.1. The van der Waals surface area contributed by atoms with Crippen molar-refractivity contribution in [1.82, 2.24) is 15.2 Å². The molecule has 0 bridgehead atoms. The predicted molar refractivity (Wildman–Crippen MR) is 79.6 cm³/mol. The number of aryl methyl sites for hydroxylation is 1. The monoisotopic (exact) mass is 285 g/mol. The molecule has 2 aromatic heterocycles. The summed E-state index contributed by atoms with van der Waals surface area (Å²) in [5.41, 5.74) is 4.62. The summed E-state index contributed by atoms with van der Waals surface area (Å²) < 4.78 is 1.09. The first kappa shape index (κ1) is 12.4. The van der Waals surface area contributed by atoms with Crippen LogP contribution in [0.25, 0.3) is 10.2 Å². The fraction of sp³-hybridized carbons (Fsp3) is 0.0833. The number of anilines is 1. The Labute approximate surface area is 118 Å². The van der Waals surface area contributed by atoms with Crippen LogP contribution in [0.3, 0.4) is 0 Å². The number of aromatic nitrogens is 3. The Morgan fingerprint density at radius 2 is 2.25 bits per heavy atom. The lowest BCUT2D eigenvalue weighted by Gasteiger charge is -1.88. The van der Waals surface area contributed by atoms with E-state index >= 15 is 0 Å². The van der Waals surface area contributed by atoms with Crippen molar-refractivity contribution in [3.63, 3.8) is 0 Å². The third-order valence-corrected chi connectivity index (χ3v) is 3.34. The standard InChI is InChI=1S/C12H11N7S/c1-8-6-11(18-16-8)17-13-7-14-19-12-15-9-4-2-3-5-10(9)20-12/h2-7H,1H3,(H2,16,17,18)/b13-7+,19-14?. The molecule has 3 rings (SSSR count). The first-order valence-corrected chi connectivity index (χ1v) is 6.69. The van der Waals surface area contributed by atoms with E-state index in [1.807, 2.05) is 37.3 Å². The number of fused-ring (bicyclic) bond motifs is 1. The molecule has 0 spiro atoms. The van der Waals surface area contributed by atoms with Crippen molar-refractivity contribution in [2.75, 3.05) is 5.43 Å². The molecular formula is C12H11N7S. The van der Waals surface area contributed by atoms with Gasteiger partial charge in [0.25, 0.3) is 0 Å². The molecule has 1 aromatic carbocycles. The molecule has 0 amide bonds. The maximum atomic E-state index is 4.33. The summed E-state index contributed by atoms with van der Waals surface area (Å²) in [6.45, 7) is 1.91. The molecule has 0 unspecified atom stereocenters. The van der Waals surface area contributed by atoms with Crippen LogP contribution in [0.15, 0.2) is 45.7 Å². The zero-order valence-electron chi connectivity index (χ0n) is 10.6. The number of para-hydroxylation sites is 1. The van der Waals surface area contributed by atoms with E-state index in [0.717, 1.165) is 15.9 Å². The largest absolute Gasteiger partial charge is 0.281 e. The van der Waals surface area contributed by atoms with Gasteiger partial charge in [-0.2, -0.15) is 10.2 Å². The Morgan fingerprint density at radius 1 is 1.35 bits per heavy atom. The number of thiazole rings is 1. The van der Waals surface area contributed by atoms with Crippen molar-refractivity contribution in [3.8, 4) is 0 Å². The van der Waals surface area contributed by atoms with Crippen LogP contribution in [0, 0.1) is 6.92 Å². The Bertz CT molecular complexity index is 738. The van der Waals surface area contributed by atoms with Crippen LogP contribution < -0.4 is 5.43 Å². The van der Waals surface area contributed by atoms with Crippen molar-refractivity contribution in [1.29, 1.82) is 0 Å². The van der Waals surface area contributed by atoms with Crippen LogP contribution in [0.1, 0.15) is 5.69 Å². The number of benzene rings is 1. The molecule has 20 heavy (non-hydrogen) atoms. The van der Waals surface area contributed by atoms with Gasteiger partial charge in [-0.25, -0.2) is 4.98 Å². The van der Waals surface area contributed by atoms with Crippen molar-refractivity contribution in [3.05, 3.63) is 36.0 Å². The molecule has 0 aliphatic rings. The van der Waals surface area contributed by atoms with Gasteiger partial charge in [-0.1, -0.05) is 23.5 Å². The lowest BCUT2D eigenvalue weighted by molar-refractivity contribution is 1.04. The highest BCUT2D eigenvalue weighted by Crippen LogP contribution is 2.27. The number of H-pyrrole nitrogens is 1. The number of azo groups is 1. The summed E-state index contributed by atoms with van der Waals surface area (Å²) in [6, 6.07) is 9.70. The van der Waals surface area contributed by atoms with Gasteiger partial charge in [0.15, 0.2) is 12.2 Å². The second-order valence-electron chi connectivity index (χ2n) is 3.97. The molecule has 3 aromatic rings. The normalized spacial score (nSPS) is 11.8. The number of hydrazone groups is 1. The average Bonchev–Trinajstić information content (AvgIpc) is 3.04. The molecule has 2 heterocycles. The smallest absolute Gasteiger partial charge is 0.231 e. The van der Waals surface area contributed by atoms with Gasteiger partial charge in [-0.05, 0) is 19.1 Å². The second-order valence-corrected chi connectivity index (χ2v) is 4.98. The number of hydrogen-bond donors (Lipinski definition) is 2. The third-order valence-electron chi connectivity index (χ3n) is 2.42. The molecule has 0 radical (unpaired) electrons. The summed E-state index contributed by atoms with van der Waals surface area (Å²) in [5.74, 6) is 0.633. The van der Waals surface area contributed by atoms with Crippen LogP contribution in [0.4, 0.5) is 10.9 Å². The molecule has 0 atom stereocenters. The summed E-state index contributed by atoms with van der Waals surface area (Å²) in [6.07, 6.45) is 1.32. The molecule has 8 heteroatoms. The Morgan fingerprint density at radius 3 is 3.05 bits per heavy atom. The minimum absolute atomic E-state index is 0.605. The molecule has 0 fully saturated rings. The van der Waals surface area contributed by atoms with Gasteiger partial charge in [0.1, 0.15) is 0 Å². The fourth-order valence-electron chi connectivity index (χ4n) is 1.57. The maximum Gasteiger partial charge on any atom is 0.231 e. The molecular weight excluding hydrogens is 274 g/mol. The van der Waals surface area contributed by atoms with Crippen LogP contribution >= 0.6 is 11.3 Å². The molecule has 2 N–H and O–H groups in total. The third kappa shape index (κ3) is 2.86. The Hall–Kier alpha value is -2.61. The Balaban J connectivity index is 1.62. The van der Waals surface area contributed by atoms with E-state index in [2.05, 4.69) is 35.9 Å². The van der Waals surface area contributed by atoms with Gasteiger partial charge < -0.3 is 0 Å². The zero-order chi connectivity index (χ0) is 13.8. The lowest BCUT2D eigenvalue weighted by Crippen LogP contribution is -1.87. The summed E-state index contributed by atoms with van der Waals surface area (Å²) in [4.78, 5) is 4.33. The first-order chi connectivity index (χ1) is 9.81. The minimum Gasteiger partial charge on any atom is -0.281 e. The van der Waals surface area contributed by atoms with Gasteiger partial charge in [0.05, 0.1) is 10.2 Å². The van der Waals surface area contributed by atoms with Gasteiger partial charge in [0, 0.05) is 11.8 Å². The van der Waals surface area contributed by atoms with Crippen molar-refractivity contribution in [2.24, 2.45) is 15.3 Å². The van der Waals surface area contributed by atoms with Gasteiger partial charge in [0.2, 0.25) is 5.13 Å². The second kappa shape index (κ2) is 5.57. The van der Waals surface area contributed by atoms with Crippen LogP contribution in [-0.2, 0) is 0 Å². The maximum absolute atomic E-state index is 4.33. The molecule has 7 nitrogen and oxygen atoms in total. The number of nitrogens with one attached hydrogen (secondary N) is 2. The van der Waals surface area contributed by atoms with E-state index in [-0.39, 0.29) is 0 Å². The quantitative estimate of drug-likeness (QED) is 0.333. The number of aromatic amines is 1. The van der Waals surface area contributed by atoms with E-state index < -0.39 is 0 Å². The minimum atomic E-state index is 0.605. The number of rotatable bonds is 4. The van der Waals surface area contributed by atoms with Crippen LogP contribution in [-0.4, -0.2) is 21.5 Å². The van der Waals surface area contributed by atoms with Crippen LogP contribution in [0.5, 0.6) is 0 Å². The highest BCUT2D eigenvalue weighted by Gasteiger charge is 2.00. The van der Waals surface area contributed by atoms with Crippen molar-refractivity contribution >= 4 is 38.8 Å². The summed E-state index contributed by atoms with van der Waals surface area (Å²) >= 11 is 1.48. The van der Waals surface area contributed by atoms with Gasteiger partial charge >= 0.3 is 0 Å². The van der Waals surface area contributed by atoms with E-state index in [0.29, 0.717) is 10.9 Å². The predicted octanol–water partition coefficient (Wildman–Crippen LogP) is 3.47. The highest BCUT2D eigenvalue weighted by molar-refractivity contribution is 7.21. The molecule has 0 saturated carbocycles. The Kier molecular flexibility index (Phi) is 3.46. The molecule has 0 aliphatic carbocycles. The van der Waals surface area contributed by atoms with Gasteiger partial charge in [-0.3, -0.25) is 10.5 Å². The van der Waals surface area contributed by atoms with Crippen LogP contribution in [0.2, 0.25) is 0 Å². The van der Waals surface area contributed by atoms with Crippen molar-refractivity contribution in [2.45, 2.75) is 6.92 Å². The van der Waals surface area contributed by atoms with E-state index in [9.17, 15) is 0 Å². The zero-order valence-corrected chi connectivity index (χ0v) is 11.4. The summed E-state index contributed by atoms with van der Waals surface area (Å²) in [7, 11) is 0. The molecule has 100 valence electrons. The lowest BCUT2D eigenvalue weighted by atomic mass is 10.3.